The normalized spacial score (nSPS) is 20.0. The molecule has 2 atom stereocenters. The van der Waals surface area contributed by atoms with Gasteiger partial charge >= 0.3 is 6.09 Å². The van der Waals surface area contributed by atoms with Crippen molar-refractivity contribution in [1.82, 2.24) is 9.88 Å². The summed E-state index contributed by atoms with van der Waals surface area (Å²) in [6, 6.07) is 5.82. The van der Waals surface area contributed by atoms with Crippen LogP contribution in [-0.4, -0.2) is 41.3 Å². The summed E-state index contributed by atoms with van der Waals surface area (Å²) < 4.78 is 11.3. The molecular formula is C17H26N2O3. The molecule has 1 aliphatic rings. The molecule has 122 valence electrons. The van der Waals surface area contributed by atoms with Crippen molar-refractivity contribution in [3.05, 3.63) is 30.1 Å². The molecule has 0 radical (unpaired) electrons. The number of likely N-dealkylation sites (tertiary alicyclic amines) is 1. The Morgan fingerprint density at radius 1 is 1.45 bits per heavy atom. The highest BCUT2D eigenvalue weighted by molar-refractivity contribution is 5.68. The molecule has 1 saturated heterocycles. The smallest absolute Gasteiger partial charge is 0.410 e. The van der Waals surface area contributed by atoms with Crippen LogP contribution in [0.2, 0.25) is 0 Å². The van der Waals surface area contributed by atoms with E-state index < -0.39 is 5.60 Å². The van der Waals surface area contributed by atoms with E-state index in [1.165, 1.54) is 0 Å². The standard InChI is InChI=1S/C17H26N2O3/c1-13(15-7-5-6-9-18-15)21-12-14-8-10-19(11-14)16(20)22-17(2,3)4/h5-7,9,13-14H,8,10-12H2,1-4H3/t13-,14+/m0/s1. The molecular weight excluding hydrogens is 280 g/mol. The van der Waals surface area contributed by atoms with E-state index >= 15 is 0 Å². The lowest BCUT2D eigenvalue weighted by atomic mass is 10.1. The maximum atomic E-state index is 12.0. The van der Waals surface area contributed by atoms with Crippen molar-refractivity contribution >= 4 is 6.09 Å². The van der Waals surface area contributed by atoms with Crippen LogP contribution in [0.25, 0.3) is 0 Å². The van der Waals surface area contributed by atoms with Crippen LogP contribution in [0.1, 0.15) is 45.9 Å². The van der Waals surface area contributed by atoms with E-state index in [9.17, 15) is 4.79 Å². The molecule has 1 aliphatic heterocycles. The third-order valence-corrected chi connectivity index (χ3v) is 3.62. The van der Waals surface area contributed by atoms with Gasteiger partial charge in [-0.15, -0.1) is 0 Å². The minimum atomic E-state index is -0.445. The average Bonchev–Trinajstić information content (AvgIpc) is 2.93. The minimum absolute atomic E-state index is 0.0308. The average molecular weight is 306 g/mol. The molecule has 2 rings (SSSR count). The zero-order valence-corrected chi connectivity index (χ0v) is 13.9. The van der Waals surface area contributed by atoms with Crippen molar-refractivity contribution in [1.29, 1.82) is 0 Å². The number of pyridine rings is 1. The summed E-state index contributed by atoms with van der Waals surface area (Å²) in [4.78, 5) is 18.1. The van der Waals surface area contributed by atoms with Gasteiger partial charge in [-0.3, -0.25) is 4.98 Å². The van der Waals surface area contributed by atoms with Crippen LogP contribution in [0.4, 0.5) is 4.79 Å². The first-order chi connectivity index (χ1) is 10.3. The highest BCUT2D eigenvalue weighted by Crippen LogP contribution is 2.22. The van der Waals surface area contributed by atoms with Crippen molar-refractivity contribution in [3.63, 3.8) is 0 Å². The number of carbonyl (C=O) groups excluding carboxylic acids is 1. The van der Waals surface area contributed by atoms with Crippen molar-refractivity contribution < 1.29 is 14.3 Å². The fraction of sp³-hybridized carbons (Fsp3) is 0.647. The topological polar surface area (TPSA) is 51.7 Å². The first-order valence-corrected chi connectivity index (χ1v) is 7.85. The Morgan fingerprint density at radius 3 is 2.86 bits per heavy atom. The van der Waals surface area contributed by atoms with E-state index in [1.807, 2.05) is 45.9 Å². The largest absolute Gasteiger partial charge is 0.444 e. The molecule has 0 bridgehead atoms. The Morgan fingerprint density at radius 2 is 2.23 bits per heavy atom. The van der Waals surface area contributed by atoms with Gasteiger partial charge in [-0.1, -0.05) is 6.07 Å². The van der Waals surface area contributed by atoms with Crippen molar-refractivity contribution in [3.8, 4) is 0 Å². The first-order valence-electron chi connectivity index (χ1n) is 7.85. The molecule has 5 nitrogen and oxygen atoms in total. The molecule has 1 fully saturated rings. The second-order valence-corrected chi connectivity index (χ2v) is 6.81. The van der Waals surface area contributed by atoms with E-state index in [1.54, 1.807) is 11.1 Å². The molecule has 0 saturated carbocycles. The summed E-state index contributed by atoms with van der Waals surface area (Å²) in [5.41, 5.74) is 0.489. The highest BCUT2D eigenvalue weighted by atomic mass is 16.6. The number of amides is 1. The van der Waals surface area contributed by atoms with E-state index in [0.717, 1.165) is 18.7 Å². The molecule has 5 heteroatoms. The number of nitrogens with zero attached hydrogens (tertiary/aromatic N) is 2. The maximum absolute atomic E-state index is 12.0. The van der Waals surface area contributed by atoms with Gasteiger partial charge in [0.1, 0.15) is 5.60 Å². The summed E-state index contributed by atoms with van der Waals surface area (Å²) in [6.07, 6.45) is 2.47. The maximum Gasteiger partial charge on any atom is 0.410 e. The van der Waals surface area contributed by atoms with Gasteiger partial charge in [0, 0.05) is 25.2 Å². The molecule has 1 amide bonds. The van der Waals surface area contributed by atoms with E-state index in [0.29, 0.717) is 19.1 Å². The van der Waals surface area contributed by atoms with Gasteiger partial charge in [0.2, 0.25) is 0 Å². The van der Waals surface area contributed by atoms with Gasteiger partial charge < -0.3 is 14.4 Å². The Balaban J connectivity index is 1.76. The third-order valence-electron chi connectivity index (χ3n) is 3.62. The van der Waals surface area contributed by atoms with Crippen LogP contribution in [0.5, 0.6) is 0 Å². The van der Waals surface area contributed by atoms with Crippen LogP contribution in [-0.2, 0) is 9.47 Å². The summed E-state index contributed by atoms with van der Waals surface area (Å²) in [5, 5.41) is 0. The van der Waals surface area contributed by atoms with Crippen molar-refractivity contribution in [2.24, 2.45) is 5.92 Å². The molecule has 2 heterocycles. The zero-order chi connectivity index (χ0) is 16.2. The predicted molar refractivity (Wildman–Crippen MR) is 84.5 cm³/mol. The Bertz CT molecular complexity index is 484. The number of carbonyl (C=O) groups is 1. The van der Waals surface area contributed by atoms with Gasteiger partial charge in [0.25, 0.3) is 0 Å². The predicted octanol–water partition coefficient (Wildman–Crippen LogP) is 3.42. The molecule has 0 aromatic carbocycles. The van der Waals surface area contributed by atoms with Gasteiger partial charge in [0.05, 0.1) is 18.4 Å². The van der Waals surface area contributed by atoms with Gasteiger partial charge in [-0.2, -0.15) is 0 Å². The van der Waals surface area contributed by atoms with E-state index in [4.69, 9.17) is 9.47 Å². The summed E-state index contributed by atoms with van der Waals surface area (Å²) in [7, 11) is 0. The van der Waals surface area contributed by atoms with Crippen molar-refractivity contribution in [2.45, 2.75) is 45.8 Å². The van der Waals surface area contributed by atoms with E-state index in [2.05, 4.69) is 4.98 Å². The molecule has 0 aliphatic carbocycles. The Labute approximate surface area is 132 Å². The van der Waals surface area contributed by atoms with Crippen LogP contribution in [0.15, 0.2) is 24.4 Å². The molecule has 0 N–H and O–H groups in total. The SMILES string of the molecule is C[C@H](OC[C@@H]1CCN(C(=O)OC(C)(C)C)C1)c1ccccn1. The zero-order valence-electron chi connectivity index (χ0n) is 13.9. The molecule has 1 aromatic heterocycles. The molecule has 0 unspecified atom stereocenters. The van der Waals surface area contributed by atoms with Crippen LogP contribution >= 0.6 is 0 Å². The van der Waals surface area contributed by atoms with Gasteiger partial charge in [-0.05, 0) is 46.2 Å². The lowest BCUT2D eigenvalue weighted by molar-refractivity contribution is 0.0228. The second kappa shape index (κ2) is 7.09. The summed E-state index contributed by atoms with van der Waals surface area (Å²) in [5.74, 6) is 0.360. The lowest BCUT2D eigenvalue weighted by Crippen LogP contribution is -2.35. The quantitative estimate of drug-likeness (QED) is 0.855. The number of aromatic nitrogens is 1. The lowest BCUT2D eigenvalue weighted by Gasteiger charge is -2.24. The number of rotatable bonds is 4. The number of hydrogen-bond donors (Lipinski definition) is 0. The fourth-order valence-electron chi connectivity index (χ4n) is 2.44. The monoisotopic (exact) mass is 306 g/mol. The fourth-order valence-corrected chi connectivity index (χ4v) is 2.44. The highest BCUT2D eigenvalue weighted by Gasteiger charge is 2.30. The summed E-state index contributed by atoms with van der Waals surface area (Å²) >= 11 is 0. The third kappa shape index (κ3) is 4.98. The first kappa shape index (κ1) is 16.7. The van der Waals surface area contributed by atoms with Crippen molar-refractivity contribution in [2.75, 3.05) is 19.7 Å². The molecule has 0 spiro atoms. The Kier molecular flexibility index (Phi) is 5.40. The van der Waals surface area contributed by atoms with E-state index in [-0.39, 0.29) is 12.2 Å². The van der Waals surface area contributed by atoms with Crippen LogP contribution in [0.3, 0.4) is 0 Å². The summed E-state index contributed by atoms with van der Waals surface area (Å²) in [6.45, 7) is 9.73. The van der Waals surface area contributed by atoms with Crippen LogP contribution < -0.4 is 0 Å². The molecule has 1 aromatic rings. The van der Waals surface area contributed by atoms with Crippen LogP contribution in [0, 0.1) is 5.92 Å². The number of hydrogen-bond acceptors (Lipinski definition) is 4. The second-order valence-electron chi connectivity index (χ2n) is 6.81. The Hall–Kier alpha value is -1.62. The molecule has 22 heavy (non-hydrogen) atoms. The van der Waals surface area contributed by atoms with Gasteiger partial charge in [-0.25, -0.2) is 4.79 Å². The van der Waals surface area contributed by atoms with Gasteiger partial charge in [0.15, 0.2) is 0 Å². The minimum Gasteiger partial charge on any atom is -0.444 e. The number of ether oxygens (including phenoxy) is 2.